The Labute approximate surface area is 125 Å². The van der Waals surface area contributed by atoms with Crippen LogP contribution in [0, 0.1) is 0 Å². The van der Waals surface area contributed by atoms with Crippen molar-refractivity contribution in [2.75, 3.05) is 0 Å². The average Bonchev–Trinajstić information content (AvgIpc) is 2.80. The molecule has 0 fully saturated rings. The lowest BCUT2D eigenvalue weighted by atomic mass is 10.3. The molecule has 0 aliphatic heterocycles. The molecule has 7 heteroatoms. The van der Waals surface area contributed by atoms with Crippen molar-refractivity contribution in [3.05, 3.63) is 46.5 Å². The number of para-hydroxylation sites is 1. The molecular weight excluding hydrogens is 299 g/mol. The van der Waals surface area contributed by atoms with Gasteiger partial charge in [0, 0.05) is 7.05 Å². The second-order valence-corrected chi connectivity index (χ2v) is 4.92. The number of rotatable bonds is 3. The van der Waals surface area contributed by atoms with Gasteiger partial charge in [-0.2, -0.15) is 5.10 Å². The molecule has 0 radical (unpaired) electrons. The van der Waals surface area contributed by atoms with E-state index in [1.165, 1.54) is 0 Å². The quantitative estimate of drug-likeness (QED) is 0.697. The third-order valence-electron chi connectivity index (χ3n) is 2.79. The maximum Gasteiger partial charge on any atom is 0.170 e. The van der Waals surface area contributed by atoms with Crippen molar-refractivity contribution in [3.8, 4) is 5.75 Å². The summed E-state index contributed by atoms with van der Waals surface area (Å²) in [5.41, 5.74) is 0.669. The molecule has 0 unspecified atom stereocenters. The third kappa shape index (κ3) is 2.42. The number of hydrogen-bond donors (Lipinski definition) is 0. The Morgan fingerprint density at radius 2 is 2.00 bits per heavy atom. The normalized spacial score (nSPS) is 10.9. The topological polar surface area (TPSA) is 52.8 Å². The molecule has 0 aliphatic carbocycles. The first-order chi connectivity index (χ1) is 9.65. The molecule has 0 aliphatic rings. The molecule has 0 amide bonds. The number of benzene rings is 1. The molecule has 2 aromatic heterocycles. The molecule has 0 spiro atoms. The van der Waals surface area contributed by atoms with Crippen LogP contribution in [-0.2, 0) is 13.7 Å². The molecule has 3 aromatic rings. The van der Waals surface area contributed by atoms with Gasteiger partial charge in [0.2, 0.25) is 0 Å². The van der Waals surface area contributed by atoms with Gasteiger partial charge in [-0.1, -0.05) is 35.3 Å². The average molecular weight is 309 g/mol. The van der Waals surface area contributed by atoms with Crippen LogP contribution in [0.1, 0.15) is 5.82 Å². The predicted molar refractivity (Wildman–Crippen MR) is 77.1 cm³/mol. The van der Waals surface area contributed by atoms with Crippen LogP contribution in [0.4, 0.5) is 0 Å². The molecule has 0 saturated carbocycles. The van der Waals surface area contributed by atoms with Gasteiger partial charge in [-0.25, -0.2) is 9.97 Å². The summed E-state index contributed by atoms with van der Waals surface area (Å²) in [4.78, 5) is 8.57. The Morgan fingerprint density at radius 1 is 1.20 bits per heavy atom. The Morgan fingerprint density at radius 3 is 2.80 bits per heavy atom. The van der Waals surface area contributed by atoms with Crippen molar-refractivity contribution >= 4 is 34.2 Å². The van der Waals surface area contributed by atoms with E-state index < -0.39 is 0 Å². The number of fused-ring (bicyclic) bond motifs is 1. The Bertz CT molecular complexity index is 772. The lowest BCUT2D eigenvalue weighted by Gasteiger charge is -2.07. The zero-order valence-corrected chi connectivity index (χ0v) is 12.1. The van der Waals surface area contributed by atoms with E-state index in [2.05, 4.69) is 15.1 Å². The van der Waals surface area contributed by atoms with E-state index in [4.69, 9.17) is 27.9 Å². The van der Waals surface area contributed by atoms with Crippen LogP contribution in [0.2, 0.25) is 10.2 Å². The summed E-state index contributed by atoms with van der Waals surface area (Å²) in [5, 5.41) is 5.72. The van der Waals surface area contributed by atoms with Crippen LogP contribution >= 0.6 is 23.2 Å². The van der Waals surface area contributed by atoms with Crippen molar-refractivity contribution in [1.29, 1.82) is 0 Å². The van der Waals surface area contributed by atoms with Crippen LogP contribution < -0.4 is 4.74 Å². The number of hydrogen-bond acceptors (Lipinski definition) is 4. The zero-order valence-electron chi connectivity index (χ0n) is 10.5. The van der Waals surface area contributed by atoms with E-state index in [1.807, 2.05) is 12.1 Å². The van der Waals surface area contributed by atoms with E-state index in [0.717, 1.165) is 5.39 Å². The van der Waals surface area contributed by atoms with Gasteiger partial charge in [0.1, 0.15) is 17.5 Å². The van der Waals surface area contributed by atoms with Crippen molar-refractivity contribution in [1.82, 2.24) is 19.7 Å². The van der Waals surface area contributed by atoms with Gasteiger partial charge >= 0.3 is 0 Å². The predicted octanol–water partition coefficient (Wildman–Crippen LogP) is 3.25. The molecule has 20 heavy (non-hydrogen) atoms. The number of nitrogens with zero attached hydrogens (tertiary/aromatic N) is 4. The van der Waals surface area contributed by atoms with E-state index in [1.54, 1.807) is 30.1 Å². The van der Waals surface area contributed by atoms with Gasteiger partial charge in [-0.3, -0.25) is 4.68 Å². The first-order valence-electron chi connectivity index (χ1n) is 5.86. The molecule has 5 nitrogen and oxygen atoms in total. The van der Waals surface area contributed by atoms with Crippen LogP contribution in [0.3, 0.4) is 0 Å². The van der Waals surface area contributed by atoms with Gasteiger partial charge in [-0.15, -0.1) is 0 Å². The molecule has 0 N–H and O–H groups in total. The number of ether oxygens (including phenoxy) is 1. The molecule has 1 aromatic carbocycles. The highest BCUT2D eigenvalue weighted by atomic mass is 35.5. The van der Waals surface area contributed by atoms with Crippen molar-refractivity contribution in [2.24, 2.45) is 7.05 Å². The lowest BCUT2D eigenvalue weighted by molar-refractivity contribution is 0.296. The van der Waals surface area contributed by atoms with E-state index in [9.17, 15) is 0 Å². The summed E-state index contributed by atoms with van der Waals surface area (Å²) in [7, 11) is 1.80. The van der Waals surface area contributed by atoms with Crippen LogP contribution in [-0.4, -0.2) is 19.7 Å². The van der Waals surface area contributed by atoms with Gasteiger partial charge in [0.25, 0.3) is 0 Å². The number of aromatic nitrogens is 4. The molecule has 0 atom stereocenters. The highest BCUT2D eigenvalue weighted by molar-refractivity contribution is 6.33. The summed E-state index contributed by atoms with van der Waals surface area (Å²) in [6.07, 6.45) is 1.64. The fourth-order valence-corrected chi connectivity index (χ4v) is 2.22. The van der Waals surface area contributed by atoms with Gasteiger partial charge in [-0.05, 0) is 12.1 Å². The second-order valence-electron chi connectivity index (χ2n) is 4.16. The Balaban J connectivity index is 1.88. The van der Waals surface area contributed by atoms with Crippen LogP contribution in [0.15, 0.2) is 30.5 Å². The zero-order chi connectivity index (χ0) is 14.1. The SMILES string of the molecule is Cn1ncc2c(Cl)nc(COc3ccccc3Cl)nc21. The minimum Gasteiger partial charge on any atom is -0.484 e. The fourth-order valence-electron chi connectivity index (χ4n) is 1.80. The first-order valence-corrected chi connectivity index (χ1v) is 6.62. The molecule has 0 saturated heterocycles. The van der Waals surface area contributed by atoms with Gasteiger partial charge in [0.05, 0.1) is 16.6 Å². The summed E-state index contributed by atoms with van der Waals surface area (Å²) in [5.74, 6) is 1.06. The smallest absolute Gasteiger partial charge is 0.170 e. The number of halogens is 2. The molecular formula is C13H10Cl2N4O. The van der Waals surface area contributed by atoms with Gasteiger partial charge in [0.15, 0.2) is 11.5 Å². The summed E-state index contributed by atoms with van der Waals surface area (Å²) >= 11 is 12.1. The summed E-state index contributed by atoms with van der Waals surface area (Å²) in [6, 6.07) is 7.23. The maximum atomic E-state index is 6.10. The monoisotopic (exact) mass is 308 g/mol. The van der Waals surface area contributed by atoms with Crippen LogP contribution in [0.25, 0.3) is 11.0 Å². The summed E-state index contributed by atoms with van der Waals surface area (Å²) in [6.45, 7) is 0.185. The van der Waals surface area contributed by atoms with E-state index >= 15 is 0 Å². The van der Waals surface area contributed by atoms with Crippen molar-refractivity contribution in [3.63, 3.8) is 0 Å². The minimum absolute atomic E-state index is 0.185. The largest absolute Gasteiger partial charge is 0.484 e. The van der Waals surface area contributed by atoms with Crippen molar-refractivity contribution < 1.29 is 4.74 Å². The maximum absolute atomic E-state index is 6.10. The van der Waals surface area contributed by atoms with E-state index in [0.29, 0.717) is 27.4 Å². The number of aryl methyl sites for hydroxylation is 1. The standard InChI is InChI=1S/C13H10Cl2N4O/c1-19-13-8(6-16-19)12(15)17-11(18-13)7-20-10-5-3-2-4-9(10)14/h2-6H,7H2,1H3. The highest BCUT2D eigenvalue weighted by Gasteiger charge is 2.10. The van der Waals surface area contributed by atoms with E-state index in [-0.39, 0.29) is 6.61 Å². The molecule has 2 heterocycles. The second kappa shape index (κ2) is 5.26. The fraction of sp³-hybridized carbons (Fsp3) is 0.154. The minimum atomic E-state index is 0.185. The molecule has 102 valence electrons. The highest BCUT2D eigenvalue weighted by Crippen LogP contribution is 2.24. The van der Waals surface area contributed by atoms with Gasteiger partial charge < -0.3 is 4.74 Å². The Kier molecular flexibility index (Phi) is 3.46. The first kappa shape index (κ1) is 13.1. The lowest BCUT2D eigenvalue weighted by Crippen LogP contribution is -2.04. The summed E-state index contributed by atoms with van der Waals surface area (Å²) < 4.78 is 7.24. The third-order valence-corrected chi connectivity index (χ3v) is 3.39. The van der Waals surface area contributed by atoms with Crippen LogP contribution in [0.5, 0.6) is 5.75 Å². The van der Waals surface area contributed by atoms with Crippen molar-refractivity contribution in [2.45, 2.75) is 6.61 Å². The molecule has 3 rings (SSSR count). The molecule has 0 bridgehead atoms. The Hall–Kier alpha value is -1.85.